The Hall–Kier alpha value is -0.780. The van der Waals surface area contributed by atoms with Gasteiger partial charge in [0.25, 0.3) is 0 Å². The van der Waals surface area contributed by atoms with Crippen LogP contribution < -0.4 is 5.73 Å². The Kier molecular flexibility index (Phi) is 8.94. The smallest absolute Gasteiger partial charge is 0.239 e. The highest BCUT2D eigenvalue weighted by atomic mass is 35.5. The van der Waals surface area contributed by atoms with Gasteiger partial charge in [0.05, 0.1) is 12.1 Å². The van der Waals surface area contributed by atoms with E-state index in [0.717, 1.165) is 38.2 Å². The largest absolute Gasteiger partial charge is 0.339 e. The van der Waals surface area contributed by atoms with Crippen molar-refractivity contribution in [2.24, 2.45) is 5.73 Å². The fraction of sp³-hybridized carbons (Fsp3) is 0.714. The van der Waals surface area contributed by atoms with Crippen LogP contribution in [0.1, 0.15) is 45.0 Å². The lowest BCUT2D eigenvalue weighted by molar-refractivity contribution is -0.134. The molecule has 2 N–H and O–H groups in total. The number of piperidine rings is 1. The lowest BCUT2D eigenvalue weighted by Crippen LogP contribution is -2.48. The Morgan fingerprint density at radius 1 is 1.48 bits per heavy atom. The lowest BCUT2D eigenvalue weighted by Gasteiger charge is -2.35. The van der Waals surface area contributed by atoms with Crippen molar-refractivity contribution in [3.8, 4) is 0 Å². The molecule has 1 aromatic rings. The highest BCUT2D eigenvalue weighted by Crippen LogP contribution is 2.23. The number of nitrogens with zero attached hydrogens (tertiary/aromatic N) is 3. The fourth-order valence-corrected chi connectivity index (χ4v) is 2.74. The number of rotatable bonds is 4. The van der Waals surface area contributed by atoms with Crippen molar-refractivity contribution in [3.05, 3.63) is 18.2 Å². The molecule has 2 rings (SSSR count). The van der Waals surface area contributed by atoms with Crippen LogP contribution in [-0.2, 0) is 11.2 Å². The molecule has 0 bridgehead atoms. The summed E-state index contributed by atoms with van der Waals surface area (Å²) in [7, 11) is 0. The summed E-state index contributed by atoms with van der Waals surface area (Å²) in [6.45, 7) is 5.65. The van der Waals surface area contributed by atoms with E-state index in [9.17, 15) is 4.79 Å². The maximum atomic E-state index is 12.2. The molecule has 1 unspecified atom stereocenters. The first-order chi connectivity index (χ1) is 9.17. The average molecular weight is 337 g/mol. The second-order valence-electron chi connectivity index (χ2n) is 5.20. The van der Waals surface area contributed by atoms with Gasteiger partial charge in [0, 0.05) is 31.9 Å². The third-order valence-corrected chi connectivity index (χ3v) is 3.92. The maximum Gasteiger partial charge on any atom is 0.239 e. The van der Waals surface area contributed by atoms with Gasteiger partial charge in [0.15, 0.2) is 0 Å². The minimum atomic E-state index is -0.354. The van der Waals surface area contributed by atoms with E-state index in [0.29, 0.717) is 12.5 Å². The van der Waals surface area contributed by atoms with Gasteiger partial charge in [0.2, 0.25) is 5.91 Å². The summed E-state index contributed by atoms with van der Waals surface area (Å²) in [4.78, 5) is 18.5. The average Bonchev–Trinajstić information content (AvgIpc) is 2.94. The van der Waals surface area contributed by atoms with Crippen LogP contribution in [0.4, 0.5) is 0 Å². The summed E-state index contributed by atoms with van der Waals surface area (Å²) in [6.07, 6.45) is 7.63. The molecule has 0 saturated carbocycles. The first-order valence-corrected chi connectivity index (χ1v) is 7.23. The summed E-state index contributed by atoms with van der Waals surface area (Å²) < 4.78 is 2.22. The standard InChI is InChI=1S/C14H24N4O.2ClH/c1-3-12(15)14(19)17-8-5-6-11(10-17)18-9-7-16-13(18)4-2;;/h7,9,11-12H,3-6,8,10,15H2,1-2H3;2*1H/t11?,12-;;/m0../s1. The minimum Gasteiger partial charge on any atom is -0.339 e. The van der Waals surface area contributed by atoms with Crippen LogP contribution in [0.3, 0.4) is 0 Å². The molecular formula is C14H26Cl2N4O. The third-order valence-electron chi connectivity index (χ3n) is 3.92. The Morgan fingerprint density at radius 2 is 2.19 bits per heavy atom. The van der Waals surface area contributed by atoms with E-state index in [4.69, 9.17) is 5.73 Å². The zero-order valence-electron chi connectivity index (χ0n) is 12.7. The fourth-order valence-electron chi connectivity index (χ4n) is 2.74. The molecule has 21 heavy (non-hydrogen) atoms. The van der Waals surface area contributed by atoms with Gasteiger partial charge in [-0.15, -0.1) is 24.8 Å². The van der Waals surface area contributed by atoms with Crippen molar-refractivity contribution in [3.63, 3.8) is 0 Å². The maximum absolute atomic E-state index is 12.2. The number of carbonyl (C=O) groups excluding carboxylic acids is 1. The molecule has 1 fully saturated rings. The molecular weight excluding hydrogens is 311 g/mol. The number of aromatic nitrogens is 2. The van der Waals surface area contributed by atoms with E-state index >= 15 is 0 Å². The molecule has 0 aliphatic carbocycles. The van der Waals surface area contributed by atoms with Crippen molar-refractivity contribution in [1.29, 1.82) is 0 Å². The summed E-state index contributed by atoms with van der Waals surface area (Å²) in [6, 6.07) is -0.00797. The first kappa shape index (κ1) is 20.2. The molecule has 2 atom stereocenters. The summed E-state index contributed by atoms with van der Waals surface area (Å²) in [5, 5.41) is 0. The highest BCUT2D eigenvalue weighted by Gasteiger charge is 2.27. The van der Waals surface area contributed by atoms with Crippen molar-refractivity contribution in [2.45, 2.75) is 51.6 Å². The van der Waals surface area contributed by atoms with E-state index in [1.165, 1.54) is 0 Å². The Bertz CT molecular complexity index is 438. The lowest BCUT2D eigenvalue weighted by atomic mass is 10.0. The topological polar surface area (TPSA) is 64.2 Å². The SMILES string of the molecule is CCc1nccn1C1CCCN(C(=O)[C@@H](N)CC)C1.Cl.Cl. The van der Waals surface area contributed by atoms with Gasteiger partial charge in [-0.25, -0.2) is 4.98 Å². The Balaban J connectivity index is 0.00000200. The molecule has 122 valence electrons. The Labute approximate surface area is 139 Å². The summed E-state index contributed by atoms with van der Waals surface area (Å²) >= 11 is 0. The number of amides is 1. The van der Waals surface area contributed by atoms with Crippen LogP contribution in [0.15, 0.2) is 12.4 Å². The molecule has 1 aromatic heterocycles. The predicted molar refractivity (Wildman–Crippen MR) is 89.2 cm³/mol. The van der Waals surface area contributed by atoms with Crippen LogP contribution in [0.25, 0.3) is 0 Å². The molecule has 5 nitrogen and oxygen atoms in total. The number of aryl methyl sites for hydroxylation is 1. The number of likely N-dealkylation sites (tertiary alicyclic amines) is 1. The van der Waals surface area contributed by atoms with Gasteiger partial charge in [0.1, 0.15) is 5.82 Å². The van der Waals surface area contributed by atoms with Gasteiger partial charge < -0.3 is 15.2 Å². The predicted octanol–water partition coefficient (Wildman–Crippen LogP) is 2.19. The molecule has 1 aliphatic rings. The van der Waals surface area contributed by atoms with Gasteiger partial charge in [-0.05, 0) is 19.3 Å². The van der Waals surface area contributed by atoms with Crippen LogP contribution in [-0.4, -0.2) is 39.5 Å². The molecule has 1 saturated heterocycles. The second-order valence-corrected chi connectivity index (χ2v) is 5.20. The minimum absolute atomic E-state index is 0. The van der Waals surface area contributed by atoms with Crippen molar-refractivity contribution in [2.75, 3.05) is 13.1 Å². The monoisotopic (exact) mass is 336 g/mol. The number of hydrogen-bond donors (Lipinski definition) is 1. The number of hydrogen-bond acceptors (Lipinski definition) is 3. The van der Waals surface area contributed by atoms with E-state index in [1.54, 1.807) is 0 Å². The highest BCUT2D eigenvalue weighted by molar-refractivity contribution is 5.85. The zero-order chi connectivity index (χ0) is 13.8. The molecule has 1 aliphatic heterocycles. The van der Waals surface area contributed by atoms with Gasteiger partial charge in [-0.1, -0.05) is 13.8 Å². The van der Waals surface area contributed by atoms with Gasteiger partial charge in [-0.3, -0.25) is 4.79 Å². The van der Waals surface area contributed by atoms with E-state index in [-0.39, 0.29) is 36.8 Å². The Morgan fingerprint density at radius 3 is 2.81 bits per heavy atom. The summed E-state index contributed by atoms with van der Waals surface area (Å²) in [5.74, 6) is 1.18. The van der Waals surface area contributed by atoms with E-state index in [1.807, 2.05) is 24.2 Å². The quantitative estimate of drug-likeness (QED) is 0.916. The molecule has 0 radical (unpaired) electrons. The first-order valence-electron chi connectivity index (χ1n) is 7.23. The van der Waals surface area contributed by atoms with Crippen molar-refractivity contribution in [1.82, 2.24) is 14.5 Å². The molecule has 1 amide bonds. The number of carbonyl (C=O) groups is 1. The number of imidazole rings is 1. The second kappa shape index (κ2) is 9.28. The van der Waals surface area contributed by atoms with Crippen molar-refractivity contribution >= 4 is 30.7 Å². The van der Waals surface area contributed by atoms with Gasteiger partial charge >= 0.3 is 0 Å². The molecule has 2 heterocycles. The molecule has 0 spiro atoms. The normalized spacial score (nSPS) is 19.4. The van der Waals surface area contributed by atoms with Crippen LogP contribution in [0.5, 0.6) is 0 Å². The zero-order valence-corrected chi connectivity index (χ0v) is 14.3. The third kappa shape index (κ3) is 4.59. The van der Waals surface area contributed by atoms with Crippen LogP contribution in [0.2, 0.25) is 0 Å². The van der Waals surface area contributed by atoms with Crippen LogP contribution in [0, 0.1) is 0 Å². The number of halogens is 2. The van der Waals surface area contributed by atoms with Gasteiger partial charge in [-0.2, -0.15) is 0 Å². The number of nitrogens with two attached hydrogens (primary N) is 1. The van der Waals surface area contributed by atoms with E-state index in [2.05, 4.69) is 16.5 Å². The van der Waals surface area contributed by atoms with Crippen LogP contribution >= 0.6 is 24.8 Å². The molecule has 0 aromatic carbocycles. The summed E-state index contributed by atoms with van der Waals surface area (Å²) in [5.41, 5.74) is 5.86. The molecule has 7 heteroatoms. The van der Waals surface area contributed by atoms with E-state index < -0.39 is 0 Å². The van der Waals surface area contributed by atoms with Crippen molar-refractivity contribution < 1.29 is 4.79 Å².